The average molecular weight is 262 g/mol. The van der Waals surface area contributed by atoms with E-state index in [4.69, 9.17) is 4.74 Å². The monoisotopic (exact) mass is 261 g/mol. The largest absolute Gasteiger partial charge is 0.459 e. The molecule has 0 aliphatic carbocycles. The number of carbonyl (C=O) groups is 1. The van der Waals surface area contributed by atoms with Crippen molar-refractivity contribution in [3.05, 3.63) is 28.2 Å². The Morgan fingerprint density at radius 2 is 2.29 bits per heavy atom. The second kappa shape index (κ2) is 4.50. The molecule has 0 unspecified atom stereocenters. The minimum Gasteiger partial charge on any atom is -0.459 e. The Balaban J connectivity index is 2.94. The van der Waals surface area contributed by atoms with Crippen LogP contribution in [-0.2, 0) is 4.74 Å². The molecule has 0 radical (unpaired) electrons. The third-order valence-corrected chi connectivity index (χ3v) is 2.00. The van der Waals surface area contributed by atoms with Gasteiger partial charge in [-0.1, -0.05) is 0 Å². The summed E-state index contributed by atoms with van der Waals surface area (Å²) in [6, 6.07) is 1.09. The summed E-state index contributed by atoms with van der Waals surface area (Å²) in [6.07, 6.45) is 0.786. The molecule has 76 valence electrons. The minimum absolute atomic E-state index is 0.0960. The quantitative estimate of drug-likeness (QED) is 0.607. The smallest absolute Gasteiger partial charge is 0.341 e. The van der Waals surface area contributed by atoms with E-state index in [1.807, 2.05) is 0 Å². The van der Waals surface area contributed by atoms with Gasteiger partial charge in [0.05, 0.1) is 17.9 Å². The third kappa shape index (κ3) is 2.77. The highest BCUT2D eigenvalue weighted by Gasteiger charge is 2.14. The number of carbonyl (C=O) groups excluding carboxylic acids is 1. The Morgan fingerprint density at radius 1 is 1.64 bits per heavy atom. The molecule has 0 aliphatic heterocycles. The molecule has 0 N–H and O–H groups in total. The summed E-state index contributed by atoms with van der Waals surface area (Å²) in [7, 11) is 0. The lowest BCUT2D eigenvalue weighted by atomic mass is 10.3. The normalized spacial score (nSPS) is 10.4. The fourth-order valence-corrected chi connectivity index (χ4v) is 1.22. The van der Waals surface area contributed by atoms with Gasteiger partial charge in [-0.05, 0) is 35.8 Å². The molecule has 0 atom stereocenters. The van der Waals surface area contributed by atoms with E-state index in [1.165, 1.54) is 0 Å². The van der Waals surface area contributed by atoms with Crippen molar-refractivity contribution in [2.45, 2.75) is 20.0 Å². The van der Waals surface area contributed by atoms with Crippen molar-refractivity contribution in [1.29, 1.82) is 0 Å². The molecule has 1 aromatic rings. The van der Waals surface area contributed by atoms with E-state index in [0.717, 1.165) is 12.3 Å². The van der Waals surface area contributed by atoms with E-state index in [0.29, 0.717) is 0 Å². The first-order valence-corrected chi connectivity index (χ1v) is 4.82. The number of hydrogen-bond acceptors (Lipinski definition) is 3. The van der Waals surface area contributed by atoms with Crippen molar-refractivity contribution >= 4 is 21.9 Å². The van der Waals surface area contributed by atoms with Crippen LogP contribution in [0.3, 0.4) is 0 Å². The van der Waals surface area contributed by atoms with Crippen LogP contribution in [0.25, 0.3) is 0 Å². The Morgan fingerprint density at radius 3 is 2.86 bits per heavy atom. The fraction of sp³-hybridized carbons (Fsp3) is 0.333. The first kappa shape index (κ1) is 11.1. The third-order valence-electron chi connectivity index (χ3n) is 1.37. The van der Waals surface area contributed by atoms with Gasteiger partial charge in [-0.25, -0.2) is 14.2 Å². The van der Waals surface area contributed by atoms with Crippen molar-refractivity contribution in [3.63, 3.8) is 0 Å². The molecule has 1 rings (SSSR count). The van der Waals surface area contributed by atoms with Gasteiger partial charge in [0, 0.05) is 0 Å². The molecule has 0 bridgehead atoms. The van der Waals surface area contributed by atoms with Crippen LogP contribution in [0.15, 0.2) is 16.9 Å². The van der Waals surface area contributed by atoms with Crippen molar-refractivity contribution < 1.29 is 13.9 Å². The first-order chi connectivity index (χ1) is 6.50. The van der Waals surface area contributed by atoms with E-state index in [1.54, 1.807) is 13.8 Å². The van der Waals surface area contributed by atoms with Gasteiger partial charge in [0.1, 0.15) is 10.4 Å². The Bertz CT molecular complexity index is 355. The van der Waals surface area contributed by atoms with Crippen molar-refractivity contribution in [2.75, 3.05) is 0 Å². The van der Waals surface area contributed by atoms with Gasteiger partial charge in [-0.15, -0.1) is 0 Å². The maximum atomic E-state index is 12.8. The molecule has 0 aromatic carbocycles. The van der Waals surface area contributed by atoms with E-state index in [-0.39, 0.29) is 16.3 Å². The van der Waals surface area contributed by atoms with Gasteiger partial charge in [0.15, 0.2) is 0 Å². The summed E-state index contributed by atoms with van der Waals surface area (Å²) in [4.78, 5) is 15.0. The number of hydrogen-bond donors (Lipinski definition) is 0. The van der Waals surface area contributed by atoms with Crippen LogP contribution in [0.2, 0.25) is 0 Å². The molecule has 0 aliphatic rings. The van der Waals surface area contributed by atoms with E-state index in [9.17, 15) is 9.18 Å². The zero-order valence-corrected chi connectivity index (χ0v) is 9.34. The molecule has 0 spiro atoms. The zero-order chi connectivity index (χ0) is 10.7. The van der Waals surface area contributed by atoms with Gasteiger partial charge >= 0.3 is 5.97 Å². The Hall–Kier alpha value is -0.970. The average Bonchev–Trinajstić information content (AvgIpc) is 2.08. The number of rotatable bonds is 2. The van der Waals surface area contributed by atoms with Crippen LogP contribution >= 0.6 is 15.9 Å². The Labute approximate surface area is 89.4 Å². The number of nitrogens with zero attached hydrogens (tertiary/aromatic N) is 1. The predicted molar refractivity (Wildman–Crippen MR) is 52.4 cm³/mol. The van der Waals surface area contributed by atoms with Crippen molar-refractivity contribution in [3.8, 4) is 0 Å². The highest BCUT2D eigenvalue weighted by Crippen LogP contribution is 2.16. The zero-order valence-electron chi connectivity index (χ0n) is 7.75. The lowest BCUT2D eigenvalue weighted by Gasteiger charge is -2.08. The molecule has 5 heteroatoms. The summed E-state index contributed by atoms with van der Waals surface area (Å²) >= 11 is 3.04. The molecule has 14 heavy (non-hydrogen) atoms. The maximum absolute atomic E-state index is 12.8. The van der Waals surface area contributed by atoms with Gasteiger partial charge in [0.2, 0.25) is 0 Å². The second-order valence-corrected chi connectivity index (χ2v) is 3.70. The molecule has 0 saturated carbocycles. The highest BCUT2D eigenvalue weighted by molar-refractivity contribution is 9.10. The second-order valence-electron chi connectivity index (χ2n) is 2.95. The number of aromatic nitrogens is 1. The number of halogens is 2. The Kier molecular flexibility index (Phi) is 3.57. The molecule has 0 amide bonds. The van der Waals surface area contributed by atoms with Crippen molar-refractivity contribution in [1.82, 2.24) is 4.98 Å². The molecular weight excluding hydrogens is 253 g/mol. The summed E-state index contributed by atoms with van der Waals surface area (Å²) in [6.45, 7) is 3.44. The molecule has 1 aromatic heterocycles. The van der Waals surface area contributed by atoms with Crippen LogP contribution in [0.1, 0.15) is 24.2 Å². The molecule has 0 saturated heterocycles. The van der Waals surface area contributed by atoms with Crippen LogP contribution in [0, 0.1) is 5.82 Å². The predicted octanol–water partition coefficient (Wildman–Crippen LogP) is 2.55. The summed E-state index contributed by atoms with van der Waals surface area (Å²) in [5.74, 6) is -1.15. The number of ether oxygens (including phenoxy) is 1. The first-order valence-electron chi connectivity index (χ1n) is 4.02. The van der Waals surface area contributed by atoms with Crippen LogP contribution in [0.4, 0.5) is 4.39 Å². The lowest BCUT2D eigenvalue weighted by molar-refractivity contribution is 0.0375. The SMILES string of the molecule is CC(C)OC(=O)c1cc(F)cnc1Br. The van der Waals surface area contributed by atoms with Gasteiger partial charge in [-0.2, -0.15) is 0 Å². The maximum Gasteiger partial charge on any atom is 0.341 e. The summed E-state index contributed by atoms with van der Waals surface area (Å²) < 4.78 is 17.9. The molecule has 3 nitrogen and oxygen atoms in total. The number of pyridine rings is 1. The van der Waals surface area contributed by atoms with Crippen LogP contribution < -0.4 is 0 Å². The van der Waals surface area contributed by atoms with Crippen LogP contribution in [0.5, 0.6) is 0 Å². The van der Waals surface area contributed by atoms with E-state index in [2.05, 4.69) is 20.9 Å². The lowest BCUT2D eigenvalue weighted by Crippen LogP contribution is -2.12. The van der Waals surface area contributed by atoms with Crippen LogP contribution in [-0.4, -0.2) is 17.1 Å². The van der Waals surface area contributed by atoms with Gasteiger partial charge in [-0.3, -0.25) is 0 Å². The summed E-state index contributed by atoms with van der Waals surface area (Å²) in [5, 5.41) is 0. The van der Waals surface area contributed by atoms with Gasteiger partial charge in [0.25, 0.3) is 0 Å². The van der Waals surface area contributed by atoms with E-state index < -0.39 is 11.8 Å². The molecule has 1 heterocycles. The highest BCUT2D eigenvalue weighted by atomic mass is 79.9. The molecule has 0 fully saturated rings. The van der Waals surface area contributed by atoms with E-state index >= 15 is 0 Å². The summed E-state index contributed by atoms with van der Waals surface area (Å²) in [5.41, 5.74) is 0.0960. The van der Waals surface area contributed by atoms with Gasteiger partial charge < -0.3 is 4.74 Å². The van der Waals surface area contributed by atoms with Crippen molar-refractivity contribution in [2.24, 2.45) is 0 Å². The topological polar surface area (TPSA) is 39.2 Å². The molecular formula is C9H9BrFNO2. The fourth-order valence-electron chi connectivity index (χ4n) is 0.843. The minimum atomic E-state index is -0.584. The standard InChI is InChI=1S/C9H9BrFNO2/c1-5(2)14-9(13)7-3-6(11)4-12-8(7)10/h3-5H,1-2H3. The number of esters is 1.